The Balaban J connectivity index is 2.15. The van der Waals surface area contributed by atoms with E-state index in [2.05, 4.69) is 4.98 Å². The van der Waals surface area contributed by atoms with Crippen LogP contribution in [0, 0.1) is 17.1 Å². The molecule has 0 atom stereocenters. The molecule has 1 aromatic heterocycles. The quantitative estimate of drug-likeness (QED) is 0.725. The predicted octanol–water partition coefficient (Wildman–Crippen LogP) is 4.06. The molecular weight excluding hydrogens is 291 g/mol. The summed E-state index contributed by atoms with van der Waals surface area (Å²) in [6.45, 7) is 0. The Morgan fingerprint density at radius 3 is 2.81 bits per heavy atom. The fourth-order valence-corrected chi connectivity index (χ4v) is 2.42. The summed E-state index contributed by atoms with van der Waals surface area (Å²) in [7, 11) is 0. The number of aromatic nitrogens is 1. The largest absolute Gasteiger partial charge is 0.360 e. The molecule has 3 rings (SSSR count). The molecule has 0 fully saturated rings. The lowest BCUT2D eigenvalue weighted by atomic mass is 10.0. The van der Waals surface area contributed by atoms with E-state index in [9.17, 15) is 9.18 Å². The highest BCUT2D eigenvalue weighted by Crippen LogP contribution is 2.26. The van der Waals surface area contributed by atoms with Crippen LogP contribution in [0.25, 0.3) is 10.9 Å². The van der Waals surface area contributed by atoms with Crippen molar-refractivity contribution in [1.82, 2.24) is 4.98 Å². The number of hydrogen-bond donors (Lipinski definition) is 1. The van der Waals surface area contributed by atoms with Crippen LogP contribution < -0.4 is 0 Å². The molecule has 0 saturated heterocycles. The molecule has 5 heteroatoms. The molecule has 1 heterocycles. The molecule has 0 aliphatic rings. The second kappa shape index (κ2) is 5.04. The van der Waals surface area contributed by atoms with E-state index in [1.165, 1.54) is 24.4 Å². The van der Waals surface area contributed by atoms with E-state index in [1.807, 2.05) is 6.07 Å². The molecule has 0 amide bonds. The molecule has 0 saturated carbocycles. The van der Waals surface area contributed by atoms with Gasteiger partial charge in [0.1, 0.15) is 5.82 Å². The number of rotatable bonds is 2. The zero-order valence-electron chi connectivity index (χ0n) is 10.7. The summed E-state index contributed by atoms with van der Waals surface area (Å²) in [6, 6.07) is 11.1. The van der Waals surface area contributed by atoms with Gasteiger partial charge in [0.25, 0.3) is 0 Å². The van der Waals surface area contributed by atoms with Crippen LogP contribution in [-0.2, 0) is 0 Å². The number of benzene rings is 2. The van der Waals surface area contributed by atoms with Crippen LogP contribution in [0.4, 0.5) is 4.39 Å². The van der Waals surface area contributed by atoms with E-state index in [4.69, 9.17) is 16.9 Å². The van der Waals surface area contributed by atoms with Gasteiger partial charge in [-0.05, 0) is 24.3 Å². The van der Waals surface area contributed by atoms with E-state index >= 15 is 0 Å². The van der Waals surface area contributed by atoms with Gasteiger partial charge in [-0.2, -0.15) is 5.26 Å². The Bertz CT molecular complexity index is 908. The Morgan fingerprint density at radius 1 is 1.24 bits per heavy atom. The number of fused-ring (bicyclic) bond motifs is 1. The average molecular weight is 299 g/mol. The summed E-state index contributed by atoms with van der Waals surface area (Å²) in [6.07, 6.45) is 1.54. The number of nitrogens with zero attached hydrogens (tertiary/aromatic N) is 1. The molecule has 0 radical (unpaired) electrons. The van der Waals surface area contributed by atoms with Crippen molar-refractivity contribution in [3.8, 4) is 6.07 Å². The lowest BCUT2D eigenvalue weighted by Crippen LogP contribution is -2.02. The molecule has 0 unspecified atom stereocenters. The molecule has 1 N–H and O–H groups in total. The zero-order chi connectivity index (χ0) is 15.0. The summed E-state index contributed by atoms with van der Waals surface area (Å²) in [5, 5.41) is 9.34. The highest BCUT2D eigenvalue weighted by molar-refractivity contribution is 6.35. The van der Waals surface area contributed by atoms with Gasteiger partial charge >= 0.3 is 0 Å². The third-order valence-electron chi connectivity index (χ3n) is 3.25. The van der Waals surface area contributed by atoms with Gasteiger partial charge in [0.2, 0.25) is 0 Å². The Hall–Kier alpha value is -2.64. The third kappa shape index (κ3) is 2.18. The number of nitriles is 1. The predicted molar refractivity (Wildman–Crippen MR) is 77.9 cm³/mol. The lowest BCUT2D eigenvalue weighted by Gasteiger charge is -2.03. The van der Waals surface area contributed by atoms with E-state index in [-0.39, 0.29) is 16.4 Å². The van der Waals surface area contributed by atoms with Gasteiger partial charge in [-0.15, -0.1) is 0 Å². The van der Waals surface area contributed by atoms with Gasteiger partial charge in [0, 0.05) is 28.2 Å². The number of carbonyl (C=O) groups excluding carboxylic acids is 1. The van der Waals surface area contributed by atoms with Gasteiger partial charge in [-0.25, -0.2) is 4.39 Å². The first-order valence-corrected chi connectivity index (χ1v) is 6.49. The van der Waals surface area contributed by atoms with Crippen LogP contribution in [0.1, 0.15) is 21.5 Å². The lowest BCUT2D eigenvalue weighted by molar-refractivity contribution is 0.104. The van der Waals surface area contributed by atoms with Crippen molar-refractivity contribution in [1.29, 1.82) is 5.26 Å². The van der Waals surface area contributed by atoms with Crippen LogP contribution in [0.15, 0.2) is 42.6 Å². The van der Waals surface area contributed by atoms with Crippen molar-refractivity contribution in [3.63, 3.8) is 0 Å². The molecular formula is C16H8ClFN2O. The first-order valence-electron chi connectivity index (χ1n) is 6.12. The second-order valence-corrected chi connectivity index (χ2v) is 4.88. The fourth-order valence-electron chi connectivity index (χ4n) is 2.21. The normalized spacial score (nSPS) is 10.5. The number of aromatic amines is 1. The summed E-state index contributed by atoms with van der Waals surface area (Å²) in [5.74, 6) is -0.996. The molecule has 0 aliphatic heterocycles. The van der Waals surface area contributed by atoms with Crippen molar-refractivity contribution in [3.05, 3.63) is 70.1 Å². The molecule has 102 valence electrons. The van der Waals surface area contributed by atoms with E-state index in [0.29, 0.717) is 22.0 Å². The van der Waals surface area contributed by atoms with Gasteiger partial charge in [-0.1, -0.05) is 23.7 Å². The Kier molecular flexibility index (Phi) is 3.20. The van der Waals surface area contributed by atoms with Crippen LogP contribution in [-0.4, -0.2) is 10.8 Å². The molecule has 0 spiro atoms. The minimum atomic E-state index is -0.630. The number of ketones is 1. The number of nitrogens with one attached hydrogen (secondary N) is 1. The highest BCUT2D eigenvalue weighted by Gasteiger charge is 2.18. The maximum atomic E-state index is 13.5. The fraction of sp³-hybridized carbons (Fsp3) is 0. The Labute approximate surface area is 124 Å². The minimum absolute atomic E-state index is 0.113. The van der Waals surface area contributed by atoms with Crippen molar-refractivity contribution in [2.24, 2.45) is 0 Å². The topological polar surface area (TPSA) is 56.6 Å². The van der Waals surface area contributed by atoms with Gasteiger partial charge in [0.15, 0.2) is 5.78 Å². The number of halogens is 2. The van der Waals surface area contributed by atoms with Gasteiger partial charge in [0.05, 0.1) is 16.7 Å². The van der Waals surface area contributed by atoms with Crippen LogP contribution in [0.5, 0.6) is 0 Å². The van der Waals surface area contributed by atoms with Crippen molar-refractivity contribution >= 4 is 28.3 Å². The first kappa shape index (κ1) is 13.3. The van der Waals surface area contributed by atoms with Crippen molar-refractivity contribution in [2.45, 2.75) is 0 Å². The minimum Gasteiger partial charge on any atom is -0.360 e. The van der Waals surface area contributed by atoms with Crippen molar-refractivity contribution in [2.75, 3.05) is 0 Å². The molecule has 0 aliphatic carbocycles. The number of carbonyl (C=O) groups is 1. The summed E-state index contributed by atoms with van der Waals surface area (Å²) < 4.78 is 13.5. The van der Waals surface area contributed by atoms with E-state index in [0.717, 1.165) is 0 Å². The van der Waals surface area contributed by atoms with Crippen LogP contribution in [0.2, 0.25) is 5.02 Å². The SMILES string of the molecule is N#Cc1ccc2c(C(=O)c3cccc(F)c3Cl)c[nH]c2c1. The standard InChI is InChI=1S/C16H8ClFN2O/c17-15-11(2-1-3-13(15)18)16(21)12-8-20-14-6-9(7-19)4-5-10(12)14/h1-6,8,20H. The summed E-state index contributed by atoms with van der Waals surface area (Å²) in [4.78, 5) is 15.5. The molecule has 3 aromatic rings. The third-order valence-corrected chi connectivity index (χ3v) is 3.64. The summed E-state index contributed by atoms with van der Waals surface area (Å²) >= 11 is 5.85. The monoisotopic (exact) mass is 298 g/mol. The zero-order valence-corrected chi connectivity index (χ0v) is 11.4. The Morgan fingerprint density at radius 2 is 2.05 bits per heavy atom. The van der Waals surface area contributed by atoms with Crippen LogP contribution >= 0.6 is 11.6 Å². The van der Waals surface area contributed by atoms with Crippen LogP contribution in [0.3, 0.4) is 0 Å². The maximum absolute atomic E-state index is 13.5. The smallest absolute Gasteiger partial charge is 0.196 e. The van der Waals surface area contributed by atoms with Gasteiger partial charge < -0.3 is 4.98 Å². The molecule has 21 heavy (non-hydrogen) atoms. The molecule has 3 nitrogen and oxygen atoms in total. The highest BCUT2D eigenvalue weighted by atomic mass is 35.5. The summed E-state index contributed by atoms with van der Waals surface area (Å²) in [5.41, 5.74) is 1.67. The van der Waals surface area contributed by atoms with E-state index in [1.54, 1.807) is 18.2 Å². The number of H-pyrrole nitrogens is 1. The molecule has 2 aromatic carbocycles. The van der Waals surface area contributed by atoms with E-state index < -0.39 is 5.82 Å². The molecule has 0 bridgehead atoms. The number of hydrogen-bond acceptors (Lipinski definition) is 2. The second-order valence-electron chi connectivity index (χ2n) is 4.51. The van der Waals surface area contributed by atoms with Crippen molar-refractivity contribution < 1.29 is 9.18 Å². The average Bonchev–Trinajstić information content (AvgIpc) is 2.92. The maximum Gasteiger partial charge on any atom is 0.196 e. The van der Waals surface area contributed by atoms with Gasteiger partial charge in [-0.3, -0.25) is 4.79 Å². The first-order chi connectivity index (χ1) is 10.1.